The molecule has 2 fully saturated rings. The van der Waals surface area contributed by atoms with E-state index in [1.54, 1.807) is 34.1 Å². The van der Waals surface area contributed by atoms with Gasteiger partial charge in [-0.3, -0.25) is 9.59 Å². The minimum absolute atomic E-state index is 0.00240. The molecule has 0 radical (unpaired) electrons. The summed E-state index contributed by atoms with van der Waals surface area (Å²) < 4.78 is 56.3. The Balaban J connectivity index is 1.40. The van der Waals surface area contributed by atoms with Crippen molar-refractivity contribution in [1.82, 2.24) is 10.2 Å². The van der Waals surface area contributed by atoms with E-state index < -0.39 is 42.0 Å². The van der Waals surface area contributed by atoms with Gasteiger partial charge in [-0.1, -0.05) is 24.6 Å². The normalized spacial score (nSPS) is 20.7. The van der Waals surface area contributed by atoms with E-state index in [0.29, 0.717) is 36.5 Å². The van der Waals surface area contributed by atoms with E-state index in [1.807, 2.05) is 0 Å². The Hall–Kier alpha value is -3.22. The summed E-state index contributed by atoms with van der Waals surface area (Å²) in [6, 6.07) is 9.75. The third-order valence-corrected chi connectivity index (χ3v) is 7.69. The van der Waals surface area contributed by atoms with Gasteiger partial charge < -0.3 is 25.0 Å². The maximum atomic E-state index is 14.3. The lowest BCUT2D eigenvalue weighted by Gasteiger charge is -2.34. The van der Waals surface area contributed by atoms with Crippen molar-refractivity contribution in [2.75, 3.05) is 31.1 Å². The van der Waals surface area contributed by atoms with Crippen LogP contribution < -0.4 is 10.2 Å². The van der Waals surface area contributed by atoms with Gasteiger partial charge in [-0.25, -0.2) is 9.18 Å². The van der Waals surface area contributed by atoms with Crippen LogP contribution in [0.1, 0.15) is 48.0 Å². The number of hydrogen-bond acceptors (Lipinski definition) is 7. The van der Waals surface area contributed by atoms with Crippen LogP contribution in [0.4, 0.5) is 23.2 Å². The van der Waals surface area contributed by atoms with E-state index in [4.69, 9.17) is 11.6 Å². The summed E-state index contributed by atoms with van der Waals surface area (Å²) in [6.07, 6.45) is -4.92. The standard InChI is InChI=1S/C28H30ClF4N3O5/c1-2-20(26(39)41-27(40)28(31,32)33)21-8-7-18(30)13-23(21)36-14-22(24(37)15-36)34-19-9-11-35(12-10-19)25(38)16-3-5-17(29)6-4-16/h3-8,13,19-20,22,24,34,37H,2,9-12,14-15H2,1H3. The van der Waals surface area contributed by atoms with Gasteiger partial charge in [0.1, 0.15) is 5.82 Å². The van der Waals surface area contributed by atoms with E-state index in [0.717, 1.165) is 12.1 Å². The van der Waals surface area contributed by atoms with Crippen LogP contribution in [0.3, 0.4) is 0 Å². The summed E-state index contributed by atoms with van der Waals surface area (Å²) in [5, 5.41) is 14.8. The van der Waals surface area contributed by atoms with Crippen LogP contribution in [-0.4, -0.2) is 78.4 Å². The molecule has 3 unspecified atom stereocenters. The number of hydrogen-bond donors (Lipinski definition) is 2. The molecule has 2 aliphatic rings. The number of amides is 1. The molecule has 0 saturated carbocycles. The van der Waals surface area contributed by atoms with Crippen LogP contribution in [0.2, 0.25) is 5.02 Å². The zero-order valence-electron chi connectivity index (χ0n) is 22.2. The fourth-order valence-corrected chi connectivity index (χ4v) is 5.42. The van der Waals surface area contributed by atoms with Crippen LogP contribution in [-0.2, 0) is 14.3 Å². The van der Waals surface area contributed by atoms with Crippen LogP contribution in [0.25, 0.3) is 0 Å². The number of β-amino-alcohol motifs (C(OH)–C–C–N with tert-alkyl or cyclic N) is 1. The zero-order valence-corrected chi connectivity index (χ0v) is 22.9. The number of benzene rings is 2. The number of likely N-dealkylation sites (tertiary alicyclic amines) is 1. The molecule has 0 aromatic heterocycles. The first-order chi connectivity index (χ1) is 19.4. The molecule has 41 heavy (non-hydrogen) atoms. The van der Waals surface area contributed by atoms with Crippen molar-refractivity contribution in [1.29, 1.82) is 0 Å². The summed E-state index contributed by atoms with van der Waals surface area (Å²) in [5.41, 5.74) is 0.960. The Morgan fingerprint density at radius 3 is 2.37 bits per heavy atom. The number of nitrogens with one attached hydrogen (secondary N) is 1. The first-order valence-corrected chi connectivity index (χ1v) is 13.6. The molecular weight excluding hydrogens is 570 g/mol. The predicted molar refractivity (Wildman–Crippen MR) is 142 cm³/mol. The lowest BCUT2D eigenvalue weighted by atomic mass is 9.94. The number of carbonyl (C=O) groups is 3. The number of esters is 2. The molecule has 0 spiro atoms. The average molecular weight is 600 g/mol. The minimum atomic E-state index is -5.34. The monoisotopic (exact) mass is 599 g/mol. The van der Waals surface area contributed by atoms with Gasteiger partial charge in [-0.15, -0.1) is 0 Å². The van der Waals surface area contributed by atoms with Gasteiger partial charge in [0, 0.05) is 48.5 Å². The number of anilines is 1. The topological polar surface area (TPSA) is 99.2 Å². The third-order valence-electron chi connectivity index (χ3n) is 7.44. The fraction of sp³-hybridized carbons (Fsp3) is 0.464. The summed E-state index contributed by atoms with van der Waals surface area (Å²) in [6.45, 7) is 2.86. The molecule has 2 saturated heterocycles. The first kappa shape index (κ1) is 30.7. The van der Waals surface area contributed by atoms with E-state index in [1.165, 1.54) is 13.0 Å². The van der Waals surface area contributed by atoms with Crippen molar-refractivity contribution in [2.45, 2.75) is 56.5 Å². The highest BCUT2D eigenvalue weighted by Gasteiger charge is 2.44. The molecule has 2 aliphatic heterocycles. The Morgan fingerprint density at radius 1 is 1.10 bits per heavy atom. The lowest BCUT2D eigenvalue weighted by Crippen LogP contribution is -2.50. The zero-order chi connectivity index (χ0) is 29.9. The number of aliphatic hydroxyl groups is 1. The Kier molecular flexibility index (Phi) is 9.55. The van der Waals surface area contributed by atoms with Crippen LogP contribution in [0.5, 0.6) is 0 Å². The van der Waals surface area contributed by atoms with Gasteiger partial charge in [0.2, 0.25) is 0 Å². The van der Waals surface area contributed by atoms with Crippen molar-refractivity contribution >= 4 is 35.1 Å². The van der Waals surface area contributed by atoms with Crippen LogP contribution >= 0.6 is 11.6 Å². The Morgan fingerprint density at radius 2 is 1.76 bits per heavy atom. The van der Waals surface area contributed by atoms with Crippen LogP contribution in [0.15, 0.2) is 42.5 Å². The number of ether oxygens (including phenoxy) is 1. The van der Waals surface area contributed by atoms with Crippen molar-refractivity contribution in [2.24, 2.45) is 0 Å². The van der Waals surface area contributed by atoms with E-state index in [-0.39, 0.29) is 42.7 Å². The van der Waals surface area contributed by atoms with Crippen molar-refractivity contribution in [3.63, 3.8) is 0 Å². The second-order valence-corrected chi connectivity index (χ2v) is 10.6. The number of piperidine rings is 1. The molecule has 1 amide bonds. The number of halogens is 5. The highest BCUT2D eigenvalue weighted by atomic mass is 35.5. The molecule has 2 heterocycles. The molecule has 2 aromatic rings. The molecule has 2 N–H and O–H groups in total. The maximum Gasteiger partial charge on any atom is 0.491 e. The van der Waals surface area contributed by atoms with E-state index in [9.17, 15) is 37.1 Å². The molecule has 13 heteroatoms. The highest BCUT2D eigenvalue weighted by Crippen LogP contribution is 2.34. The number of nitrogens with zero attached hydrogens (tertiary/aromatic N) is 2. The second-order valence-electron chi connectivity index (χ2n) is 10.2. The minimum Gasteiger partial charge on any atom is -0.390 e. The molecular formula is C28H30ClF4N3O5. The Bertz CT molecular complexity index is 1270. The van der Waals surface area contributed by atoms with Gasteiger partial charge in [0.05, 0.1) is 18.1 Å². The SMILES string of the molecule is CCC(C(=O)OC(=O)C(F)(F)F)c1ccc(F)cc1N1CC(O)C(NC2CCN(C(=O)c3ccc(Cl)cc3)CC2)C1. The molecule has 0 aliphatic carbocycles. The summed E-state index contributed by atoms with van der Waals surface area (Å²) >= 11 is 5.90. The van der Waals surface area contributed by atoms with Crippen molar-refractivity contribution < 1.29 is 41.8 Å². The van der Waals surface area contributed by atoms with Crippen molar-refractivity contribution in [3.8, 4) is 0 Å². The summed E-state index contributed by atoms with van der Waals surface area (Å²) in [7, 11) is 0. The third kappa shape index (κ3) is 7.35. The largest absolute Gasteiger partial charge is 0.491 e. The Labute approximate surface area is 239 Å². The average Bonchev–Trinajstić information content (AvgIpc) is 3.29. The first-order valence-electron chi connectivity index (χ1n) is 13.2. The molecule has 2 aromatic carbocycles. The van der Waals surface area contributed by atoms with E-state index >= 15 is 0 Å². The molecule has 8 nitrogen and oxygen atoms in total. The highest BCUT2D eigenvalue weighted by molar-refractivity contribution is 6.30. The van der Waals surface area contributed by atoms with E-state index in [2.05, 4.69) is 10.1 Å². The molecule has 4 rings (SSSR count). The van der Waals surface area contributed by atoms with Gasteiger partial charge >= 0.3 is 18.1 Å². The van der Waals surface area contributed by atoms with Gasteiger partial charge in [-0.05, 0) is 61.2 Å². The quantitative estimate of drug-likeness (QED) is 0.281. The molecule has 222 valence electrons. The lowest BCUT2D eigenvalue weighted by molar-refractivity contribution is -0.202. The number of rotatable bonds is 7. The smallest absolute Gasteiger partial charge is 0.390 e. The maximum absolute atomic E-state index is 14.3. The fourth-order valence-electron chi connectivity index (χ4n) is 5.29. The number of aliphatic hydroxyl groups excluding tert-OH is 1. The van der Waals surface area contributed by atoms with Crippen LogP contribution in [0, 0.1) is 5.82 Å². The summed E-state index contributed by atoms with van der Waals surface area (Å²) in [5.74, 6) is -6.00. The van der Waals surface area contributed by atoms with Gasteiger partial charge in [-0.2, -0.15) is 13.2 Å². The summed E-state index contributed by atoms with van der Waals surface area (Å²) in [4.78, 5) is 39.9. The second kappa shape index (κ2) is 12.7. The molecule has 3 atom stereocenters. The van der Waals surface area contributed by atoms with Gasteiger partial charge in [0.15, 0.2) is 0 Å². The number of alkyl halides is 3. The number of carbonyl (C=O) groups excluding carboxylic acids is 3. The van der Waals surface area contributed by atoms with Crippen molar-refractivity contribution in [3.05, 3.63) is 64.4 Å². The molecule has 0 bridgehead atoms. The van der Waals surface area contributed by atoms with Gasteiger partial charge in [0.25, 0.3) is 5.91 Å². The predicted octanol–water partition coefficient (Wildman–Crippen LogP) is 4.05.